The van der Waals surface area contributed by atoms with Gasteiger partial charge in [0.15, 0.2) is 0 Å². The van der Waals surface area contributed by atoms with E-state index in [1.165, 1.54) is 18.4 Å². The number of carboxylic acids is 1. The van der Waals surface area contributed by atoms with Crippen molar-refractivity contribution in [2.75, 3.05) is 20.3 Å². The molecule has 130 valence electrons. The lowest BCUT2D eigenvalue weighted by atomic mass is 9.84. The Balaban J connectivity index is 2.47. The van der Waals surface area contributed by atoms with E-state index in [0.717, 1.165) is 9.75 Å². The van der Waals surface area contributed by atoms with Crippen LogP contribution in [0.25, 0.3) is 0 Å². The van der Waals surface area contributed by atoms with Gasteiger partial charge in [-0.2, -0.15) is 0 Å². The molecule has 0 saturated heterocycles. The molecule has 7 heteroatoms. The summed E-state index contributed by atoms with van der Waals surface area (Å²) in [5.41, 5.74) is 1.64. The van der Waals surface area contributed by atoms with Crippen LogP contribution in [-0.4, -0.2) is 37.4 Å². The highest BCUT2D eigenvalue weighted by Crippen LogP contribution is 2.41. The maximum atomic E-state index is 12.6. The number of carbonyl (C=O) groups excluding carboxylic acids is 1. The molecule has 0 saturated carbocycles. The highest BCUT2D eigenvalue weighted by molar-refractivity contribution is 7.12. The number of allylic oxidation sites excluding steroid dienone is 2. The van der Waals surface area contributed by atoms with Crippen LogP contribution < -0.4 is 5.32 Å². The van der Waals surface area contributed by atoms with Gasteiger partial charge in [-0.05, 0) is 32.9 Å². The SMILES string of the molecule is COCCOC(=O)C1=C(C)NC(C)=C(C(=O)O)C1c1ccc(C)s1. The van der Waals surface area contributed by atoms with E-state index in [1.807, 2.05) is 19.1 Å². The van der Waals surface area contributed by atoms with Crippen molar-refractivity contribution in [2.24, 2.45) is 0 Å². The second-order valence-corrected chi connectivity index (χ2v) is 6.84. The Morgan fingerprint density at radius 2 is 1.83 bits per heavy atom. The van der Waals surface area contributed by atoms with Crippen LogP contribution in [0.3, 0.4) is 0 Å². The molecule has 0 aliphatic carbocycles. The van der Waals surface area contributed by atoms with Crippen molar-refractivity contribution in [2.45, 2.75) is 26.7 Å². The summed E-state index contributed by atoms with van der Waals surface area (Å²) in [6.45, 7) is 5.80. The number of aryl methyl sites for hydroxylation is 1. The van der Waals surface area contributed by atoms with Crippen LogP contribution in [0.1, 0.15) is 29.5 Å². The number of ether oxygens (including phenoxy) is 2. The number of aliphatic carboxylic acids is 1. The first-order valence-corrected chi connectivity index (χ1v) is 8.32. The Bertz CT molecular complexity index is 716. The molecule has 2 rings (SSSR count). The quantitative estimate of drug-likeness (QED) is 0.605. The predicted molar refractivity (Wildman–Crippen MR) is 90.8 cm³/mol. The second-order valence-electron chi connectivity index (χ2n) is 5.52. The van der Waals surface area contributed by atoms with E-state index in [0.29, 0.717) is 17.0 Å². The summed E-state index contributed by atoms with van der Waals surface area (Å²) in [7, 11) is 1.52. The Morgan fingerprint density at radius 3 is 2.38 bits per heavy atom. The molecule has 0 radical (unpaired) electrons. The lowest BCUT2D eigenvalue weighted by molar-refractivity contribution is -0.140. The average Bonchev–Trinajstić information content (AvgIpc) is 2.92. The van der Waals surface area contributed by atoms with Gasteiger partial charge in [0, 0.05) is 28.3 Å². The van der Waals surface area contributed by atoms with Crippen molar-refractivity contribution in [1.82, 2.24) is 5.32 Å². The van der Waals surface area contributed by atoms with Crippen LogP contribution in [0.4, 0.5) is 0 Å². The number of nitrogens with one attached hydrogen (secondary N) is 1. The standard InChI is InChI=1S/C17H21NO5S/c1-9-5-6-12(24-9)15-13(16(19)20)10(2)18-11(3)14(15)17(21)23-8-7-22-4/h5-6,15,18H,7-8H2,1-4H3,(H,19,20). The Labute approximate surface area is 144 Å². The summed E-state index contributed by atoms with van der Waals surface area (Å²) in [6, 6.07) is 3.78. The van der Waals surface area contributed by atoms with Gasteiger partial charge in [0.2, 0.25) is 0 Å². The average molecular weight is 351 g/mol. The molecule has 0 bridgehead atoms. The molecule has 1 aromatic rings. The minimum atomic E-state index is -1.05. The second kappa shape index (κ2) is 7.63. The third kappa shape index (κ3) is 3.68. The minimum absolute atomic E-state index is 0.118. The lowest BCUT2D eigenvalue weighted by Crippen LogP contribution is -2.31. The summed E-state index contributed by atoms with van der Waals surface area (Å²) in [6.07, 6.45) is 0. The van der Waals surface area contributed by atoms with Crippen molar-refractivity contribution in [3.63, 3.8) is 0 Å². The van der Waals surface area contributed by atoms with Gasteiger partial charge < -0.3 is 19.9 Å². The van der Waals surface area contributed by atoms with Crippen molar-refractivity contribution in [1.29, 1.82) is 0 Å². The van der Waals surface area contributed by atoms with Gasteiger partial charge in [-0.15, -0.1) is 11.3 Å². The third-order valence-electron chi connectivity index (χ3n) is 3.78. The monoisotopic (exact) mass is 351 g/mol. The Kier molecular flexibility index (Phi) is 5.80. The summed E-state index contributed by atoms with van der Waals surface area (Å²) < 4.78 is 10.1. The molecule has 0 aromatic carbocycles. The van der Waals surface area contributed by atoms with Crippen LogP contribution in [0.15, 0.2) is 34.7 Å². The summed E-state index contributed by atoms with van der Waals surface area (Å²) in [4.78, 5) is 26.2. The smallest absolute Gasteiger partial charge is 0.336 e. The van der Waals surface area contributed by atoms with E-state index in [2.05, 4.69) is 5.32 Å². The zero-order valence-corrected chi connectivity index (χ0v) is 15.0. The molecule has 2 N–H and O–H groups in total. The van der Waals surface area contributed by atoms with Gasteiger partial charge in [-0.1, -0.05) is 0 Å². The van der Waals surface area contributed by atoms with Gasteiger partial charge >= 0.3 is 11.9 Å². The van der Waals surface area contributed by atoms with Crippen molar-refractivity contribution in [3.05, 3.63) is 44.4 Å². The van der Waals surface area contributed by atoms with Crippen LogP contribution >= 0.6 is 11.3 Å². The van der Waals surface area contributed by atoms with Gasteiger partial charge in [-0.3, -0.25) is 0 Å². The topological polar surface area (TPSA) is 84.9 Å². The van der Waals surface area contributed by atoms with Gasteiger partial charge in [0.05, 0.1) is 23.7 Å². The fourth-order valence-corrected chi connectivity index (χ4v) is 3.73. The van der Waals surface area contributed by atoms with Crippen molar-refractivity contribution >= 4 is 23.3 Å². The Hall–Kier alpha value is -2.12. The lowest BCUT2D eigenvalue weighted by Gasteiger charge is -2.28. The number of carbonyl (C=O) groups is 2. The van der Waals surface area contributed by atoms with Crippen LogP contribution in [0, 0.1) is 6.92 Å². The first-order chi connectivity index (χ1) is 11.4. The normalized spacial score (nSPS) is 17.8. The fraction of sp³-hybridized carbons (Fsp3) is 0.412. The van der Waals surface area contributed by atoms with E-state index in [1.54, 1.807) is 13.8 Å². The van der Waals surface area contributed by atoms with E-state index in [-0.39, 0.29) is 18.8 Å². The zero-order valence-electron chi connectivity index (χ0n) is 14.1. The summed E-state index contributed by atoms with van der Waals surface area (Å²) in [5.74, 6) is -2.22. The largest absolute Gasteiger partial charge is 0.478 e. The van der Waals surface area contributed by atoms with Crippen molar-refractivity contribution in [3.8, 4) is 0 Å². The van der Waals surface area contributed by atoms with Gasteiger partial charge in [-0.25, -0.2) is 9.59 Å². The molecule has 1 aromatic heterocycles. The van der Waals surface area contributed by atoms with E-state index < -0.39 is 17.9 Å². The van der Waals surface area contributed by atoms with E-state index >= 15 is 0 Å². The minimum Gasteiger partial charge on any atom is -0.478 e. The van der Waals surface area contributed by atoms with Gasteiger partial charge in [0.1, 0.15) is 6.61 Å². The third-order valence-corrected chi connectivity index (χ3v) is 4.84. The first kappa shape index (κ1) is 18.2. The molecule has 1 unspecified atom stereocenters. The summed E-state index contributed by atoms with van der Waals surface area (Å²) in [5, 5.41) is 12.6. The number of methoxy groups -OCH3 is 1. The molecule has 1 atom stereocenters. The molecule has 6 nitrogen and oxygen atoms in total. The van der Waals surface area contributed by atoms with Crippen LogP contribution in [-0.2, 0) is 19.1 Å². The number of hydrogen-bond donors (Lipinski definition) is 2. The number of esters is 1. The van der Waals surface area contributed by atoms with Crippen LogP contribution in [0.2, 0.25) is 0 Å². The zero-order chi connectivity index (χ0) is 17.9. The maximum Gasteiger partial charge on any atom is 0.336 e. The van der Waals surface area contributed by atoms with E-state index in [9.17, 15) is 14.7 Å². The molecule has 1 aliphatic heterocycles. The van der Waals surface area contributed by atoms with Crippen LogP contribution in [0.5, 0.6) is 0 Å². The molecular weight excluding hydrogens is 330 g/mol. The summed E-state index contributed by atoms with van der Waals surface area (Å²) >= 11 is 1.48. The molecule has 24 heavy (non-hydrogen) atoms. The maximum absolute atomic E-state index is 12.6. The molecule has 0 amide bonds. The molecule has 2 heterocycles. The molecule has 0 spiro atoms. The molecule has 1 aliphatic rings. The highest BCUT2D eigenvalue weighted by Gasteiger charge is 2.37. The van der Waals surface area contributed by atoms with Gasteiger partial charge in [0.25, 0.3) is 0 Å². The number of carboxylic acid groups (broad SMARTS) is 1. The first-order valence-electron chi connectivity index (χ1n) is 7.51. The molecular formula is C17H21NO5S. The van der Waals surface area contributed by atoms with E-state index in [4.69, 9.17) is 9.47 Å². The molecule has 0 fully saturated rings. The number of rotatable bonds is 6. The van der Waals surface area contributed by atoms with Crippen molar-refractivity contribution < 1.29 is 24.2 Å². The number of thiophene rings is 1. The number of dihydropyridines is 1. The fourth-order valence-electron chi connectivity index (χ4n) is 2.74. The number of hydrogen-bond acceptors (Lipinski definition) is 6. The Morgan fingerprint density at radius 1 is 1.17 bits per heavy atom. The predicted octanol–water partition coefficient (Wildman–Crippen LogP) is 2.57. The highest BCUT2D eigenvalue weighted by atomic mass is 32.1.